The van der Waals surface area contributed by atoms with Crippen molar-refractivity contribution in [2.45, 2.75) is 52.1 Å². The molecule has 0 bridgehead atoms. The Morgan fingerprint density at radius 3 is 2.95 bits per heavy atom. The van der Waals surface area contributed by atoms with Crippen LogP contribution in [-0.4, -0.2) is 37.9 Å². The smallest absolute Gasteiger partial charge is 0.309 e. The van der Waals surface area contributed by atoms with Crippen molar-refractivity contribution >= 4 is 11.6 Å². The van der Waals surface area contributed by atoms with Crippen LogP contribution < -0.4 is 0 Å². The van der Waals surface area contributed by atoms with Gasteiger partial charge in [-0.05, 0) is 44.9 Å². The molecule has 5 heteroatoms. The molecular formula is C17H23N3O2. The second-order valence-electron chi connectivity index (χ2n) is 6.33. The lowest BCUT2D eigenvalue weighted by Crippen LogP contribution is -2.37. The molecule has 1 N–H and O–H groups in total. The number of aromatic nitrogens is 2. The molecule has 1 aliphatic rings. The molecule has 0 aromatic carbocycles. The number of imidazole rings is 1. The molecule has 2 aromatic heterocycles. The van der Waals surface area contributed by atoms with Crippen LogP contribution in [0.3, 0.4) is 0 Å². The lowest BCUT2D eigenvalue weighted by Gasteiger charge is -2.33. The first-order valence-corrected chi connectivity index (χ1v) is 7.97. The zero-order chi connectivity index (χ0) is 15.7. The van der Waals surface area contributed by atoms with Gasteiger partial charge in [0.25, 0.3) is 0 Å². The van der Waals surface area contributed by atoms with Gasteiger partial charge in [-0.1, -0.05) is 12.5 Å². The topological polar surface area (TPSA) is 57.8 Å². The molecule has 1 aliphatic heterocycles. The van der Waals surface area contributed by atoms with E-state index in [9.17, 15) is 4.79 Å². The SMILES string of the molecule is Cc1ccc2nc(CC(=O)O)c(CN3CCCCC3C)n2c1. The summed E-state index contributed by atoms with van der Waals surface area (Å²) in [6.45, 7) is 6.15. The van der Waals surface area contributed by atoms with Crippen LogP contribution in [0.1, 0.15) is 43.1 Å². The lowest BCUT2D eigenvalue weighted by atomic mass is 10.0. The summed E-state index contributed by atoms with van der Waals surface area (Å²) in [4.78, 5) is 18.1. The molecule has 0 amide bonds. The minimum atomic E-state index is -0.826. The number of aliphatic carboxylic acids is 1. The number of hydrogen-bond donors (Lipinski definition) is 1. The highest BCUT2D eigenvalue weighted by Gasteiger charge is 2.22. The average Bonchev–Trinajstić information content (AvgIpc) is 2.78. The number of carboxylic acid groups (broad SMARTS) is 1. The minimum Gasteiger partial charge on any atom is -0.481 e. The van der Waals surface area contributed by atoms with E-state index in [1.807, 2.05) is 19.1 Å². The van der Waals surface area contributed by atoms with Gasteiger partial charge < -0.3 is 9.51 Å². The summed E-state index contributed by atoms with van der Waals surface area (Å²) in [7, 11) is 0. The molecule has 1 fully saturated rings. The third-order valence-electron chi connectivity index (χ3n) is 4.56. The van der Waals surface area contributed by atoms with Gasteiger partial charge in [0.05, 0.1) is 17.8 Å². The van der Waals surface area contributed by atoms with Crippen LogP contribution in [0.15, 0.2) is 18.3 Å². The molecule has 118 valence electrons. The van der Waals surface area contributed by atoms with E-state index in [0.29, 0.717) is 11.7 Å². The fourth-order valence-electron chi connectivity index (χ4n) is 3.29. The number of pyridine rings is 1. The van der Waals surface area contributed by atoms with E-state index in [4.69, 9.17) is 5.11 Å². The Morgan fingerprint density at radius 1 is 1.41 bits per heavy atom. The Hall–Kier alpha value is -1.88. The van der Waals surface area contributed by atoms with Crippen molar-refractivity contribution in [3.8, 4) is 0 Å². The first kappa shape index (κ1) is 15.0. The molecule has 0 aliphatic carbocycles. The molecule has 3 heterocycles. The van der Waals surface area contributed by atoms with Crippen LogP contribution in [0, 0.1) is 6.92 Å². The number of nitrogens with zero attached hydrogens (tertiary/aromatic N) is 3. The maximum Gasteiger partial charge on any atom is 0.309 e. The van der Waals surface area contributed by atoms with Crippen LogP contribution >= 0.6 is 0 Å². The van der Waals surface area contributed by atoms with E-state index >= 15 is 0 Å². The third kappa shape index (κ3) is 2.99. The van der Waals surface area contributed by atoms with Crippen LogP contribution in [0.4, 0.5) is 0 Å². The van der Waals surface area contributed by atoms with Crippen LogP contribution in [0.2, 0.25) is 0 Å². The Kier molecular flexibility index (Phi) is 4.16. The van der Waals surface area contributed by atoms with Crippen molar-refractivity contribution in [2.75, 3.05) is 6.54 Å². The molecule has 3 rings (SSSR count). The number of carboxylic acids is 1. The van der Waals surface area contributed by atoms with Gasteiger partial charge >= 0.3 is 5.97 Å². The zero-order valence-corrected chi connectivity index (χ0v) is 13.2. The average molecular weight is 301 g/mol. The first-order valence-electron chi connectivity index (χ1n) is 7.97. The molecule has 22 heavy (non-hydrogen) atoms. The predicted octanol–water partition coefficient (Wildman–Crippen LogP) is 2.64. The first-order chi connectivity index (χ1) is 10.5. The van der Waals surface area contributed by atoms with E-state index in [1.54, 1.807) is 0 Å². The standard InChI is InChI=1S/C17H23N3O2/c1-12-6-7-16-18-14(9-17(21)22)15(20(16)10-12)11-19-8-4-3-5-13(19)2/h6-7,10,13H,3-5,8-9,11H2,1-2H3,(H,21,22). The van der Waals surface area contributed by atoms with Crippen LogP contribution in [0.25, 0.3) is 5.65 Å². The van der Waals surface area contributed by atoms with Gasteiger partial charge in [0, 0.05) is 18.8 Å². The Bertz CT molecular complexity index is 693. The largest absolute Gasteiger partial charge is 0.481 e. The number of aryl methyl sites for hydroxylation is 1. The number of carbonyl (C=O) groups is 1. The van der Waals surface area contributed by atoms with Crippen molar-refractivity contribution in [3.05, 3.63) is 35.3 Å². The molecule has 2 aromatic rings. The van der Waals surface area contributed by atoms with Gasteiger partial charge in [0.15, 0.2) is 0 Å². The summed E-state index contributed by atoms with van der Waals surface area (Å²) < 4.78 is 2.06. The van der Waals surface area contributed by atoms with Crippen molar-refractivity contribution in [1.29, 1.82) is 0 Å². The Labute approximate surface area is 130 Å². The summed E-state index contributed by atoms with van der Waals surface area (Å²) in [5.41, 5.74) is 3.70. The highest BCUT2D eigenvalue weighted by molar-refractivity contribution is 5.70. The second-order valence-corrected chi connectivity index (χ2v) is 6.33. The summed E-state index contributed by atoms with van der Waals surface area (Å²) >= 11 is 0. The number of rotatable bonds is 4. The normalized spacial score (nSPS) is 19.6. The Morgan fingerprint density at radius 2 is 2.23 bits per heavy atom. The van der Waals surface area contributed by atoms with E-state index in [-0.39, 0.29) is 6.42 Å². The number of likely N-dealkylation sites (tertiary alicyclic amines) is 1. The highest BCUT2D eigenvalue weighted by atomic mass is 16.4. The summed E-state index contributed by atoms with van der Waals surface area (Å²) in [5, 5.41) is 9.17. The monoisotopic (exact) mass is 301 g/mol. The Balaban J connectivity index is 2.00. The predicted molar refractivity (Wildman–Crippen MR) is 85.0 cm³/mol. The summed E-state index contributed by atoms with van der Waals surface area (Å²) in [6, 6.07) is 4.52. The van der Waals surface area contributed by atoms with Gasteiger partial charge in [-0.15, -0.1) is 0 Å². The fraction of sp³-hybridized carbons (Fsp3) is 0.529. The van der Waals surface area contributed by atoms with Crippen molar-refractivity contribution in [2.24, 2.45) is 0 Å². The van der Waals surface area contributed by atoms with Gasteiger partial charge in [0.1, 0.15) is 5.65 Å². The van der Waals surface area contributed by atoms with Gasteiger partial charge in [0.2, 0.25) is 0 Å². The van der Waals surface area contributed by atoms with Crippen molar-refractivity contribution in [1.82, 2.24) is 14.3 Å². The van der Waals surface area contributed by atoms with Gasteiger partial charge in [-0.25, -0.2) is 4.98 Å². The molecule has 0 spiro atoms. The quantitative estimate of drug-likeness (QED) is 0.943. The maximum atomic E-state index is 11.2. The lowest BCUT2D eigenvalue weighted by molar-refractivity contribution is -0.136. The summed E-state index contributed by atoms with van der Waals surface area (Å²) in [5.74, 6) is -0.826. The third-order valence-corrected chi connectivity index (χ3v) is 4.56. The minimum absolute atomic E-state index is 0.0156. The van der Waals surface area contributed by atoms with Gasteiger partial charge in [-0.2, -0.15) is 0 Å². The molecule has 5 nitrogen and oxygen atoms in total. The zero-order valence-electron chi connectivity index (χ0n) is 13.2. The molecule has 0 saturated carbocycles. The number of fused-ring (bicyclic) bond motifs is 1. The van der Waals surface area contributed by atoms with E-state index < -0.39 is 5.97 Å². The number of hydrogen-bond acceptors (Lipinski definition) is 3. The fourth-order valence-corrected chi connectivity index (χ4v) is 3.29. The van der Waals surface area contributed by atoms with E-state index in [0.717, 1.165) is 30.0 Å². The van der Waals surface area contributed by atoms with E-state index in [1.165, 1.54) is 19.3 Å². The van der Waals surface area contributed by atoms with E-state index in [2.05, 4.69) is 27.4 Å². The molecule has 1 saturated heterocycles. The maximum absolute atomic E-state index is 11.2. The molecular weight excluding hydrogens is 278 g/mol. The molecule has 1 unspecified atom stereocenters. The van der Waals surface area contributed by atoms with Crippen molar-refractivity contribution < 1.29 is 9.90 Å². The summed E-state index contributed by atoms with van der Waals surface area (Å²) in [6.07, 6.45) is 5.75. The van der Waals surface area contributed by atoms with Gasteiger partial charge in [-0.3, -0.25) is 9.69 Å². The highest BCUT2D eigenvalue weighted by Crippen LogP contribution is 2.22. The number of piperidine rings is 1. The molecule has 0 radical (unpaired) electrons. The molecule has 1 atom stereocenters. The van der Waals surface area contributed by atoms with Crippen LogP contribution in [-0.2, 0) is 17.8 Å². The van der Waals surface area contributed by atoms with Crippen molar-refractivity contribution in [3.63, 3.8) is 0 Å². The second kappa shape index (κ2) is 6.08. The van der Waals surface area contributed by atoms with Crippen LogP contribution in [0.5, 0.6) is 0 Å².